The molecule has 0 aliphatic carbocycles. The van der Waals surface area contributed by atoms with Gasteiger partial charge in [0.1, 0.15) is 17.5 Å². The minimum atomic E-state index is -0.587. The first-order valence-corrected chi connectivity index (χ1v) is 9.74. The highest BCUT2D eigenvalue weighted by Gasteiger charge is 2.27. The van der Waals surface area contributed by atoms with Gasteiger partial charge in [-0.2, -0.15) is 5.10 Å². The van der Waals surface area contributed by atoms with Gasteiger partial charge in [0, 0.05) is 30.6 Å². The molecule has 0 bridgehead atoms. The molecule has 150 valence electrons. The topological polar surface area (TPSA) is 56.1 Å². The minimum Gasteiger partial charge on any atom is -0.497 e. The summed E-state index contributed by atoms with van der Waals surface area (Å²) in [7, 11) is 3.45. The number of ketones is 1. The lowest BCUT2D eigenvalue weighted by Crippen LogP contribution is -2.22. The smallest absolute Gasteiger partial charge is 0.210 e. The second-order valence-corrected chi connectivity index (χ2v) is 7.02. The highest BCUT2D eigenvalue weighted by molar-refractivity contribution is 6.05. The Morgan fingerprint density at radius 3 is 2.37 bits per heavy atom. The number of carbonyl (C=O) groups is 1. The van der Waals surface area contributed by atoms with Crippen LogP contribution in [0.3, 0.4) is 0 Å². The first kappa shape index (κ1) is 19.5. The third-order valence-corrected chi connectivity index (χ3v) is 4.92. The maximum absolute atomic E-state index is 13.7. The van der Waals surface area contributed by atoms with Gasteiger partial charge in [0.2, 0.25) is 5.78 Å². The summed E-state index contributed by atoms with van der Waals surface area (Å²) in [4.78, 5) is 13.7. The number of nitrogens with zero attached hydrogens (tertiary/aromatic N) is 2. The lowest BCUT2D eigenvalue weighted by atomic mass is 9.96. The molecule has 1 atom stereocenters. The van der Waals surface area contributed by atoms with Gasteiger partial charge in [0.25, 0.3) is 0 Å². The Kier molecular flexibility index (Phi) is 5.61. The number of rotatable bonds is 7. The van der Waals surface area contributed by atoms with Crippen molar-refractivity contribution < 1.29 is 9.53 Å². The van der Waals surface area contributed by atoms with E-state index in [1.165, 1.54) is 0 Å². The summed E-state index contributed by atoms with van der Waals surface area (Å²) in [6.07, 6.45) is 1.89. The van der Waals surface area contributed by atoms with Crippen LogP contribution in [0.1, 0.15) is 22.1 Å². The molecule has 0 saturated carbocycles. The predicted molar refractivity (Wildman–Crippen MR) is 119 cm³/mol. The number of Topliss-reactive ketones (excluding diaryl/α,β-unsaturated/α-hetero) is 1. The van der Waals surface area contributed by atoms with Crippen molar-refractivity contribution in [1.29, 1.82) is 0 Å². The Bertz CT molecular complexity index is 1140. The first-order chi connectivity index (χ1) is 14.7. The molecule has 5 nitrogen and oxygen atoms in total. The van der Waals surface area contributed by atoms with E-state index >= 15 is 0 Å². The van der Waals surface area contributed by atoms with Crippen molar-refractivity contribution in [3.8, 4) is 16.9 Å². The molecule has 1 unspecified atom stereocenters. The van der Waals surface area contributed by atoms with Crippen LogP contribution in [0.5, 0.6) is 5.75 Å². The summed E-state index contributed by atoms with van der Waals surface area (Å²) >= 11 is 0. The molecule has 0 radical (unpaired) electrons. The maximum Gasteiger partial charge on any atom is 0.210 e. The Hall–Kier alpha value is -3.86. The molecule has 5 heteroatoms. The fourth-order valence-corrected chi connectivity index (χ4v) is 3.46. The van der Waals surface area contributed by atoms with E-state index in [0.717, 1.165) is 28.1 Å². The van der Waals surface area contributed by atoms with Gasteiger partial charge in [-0.15, -0.1) is 0 Å². The Balaban J connectivity index is 1.76. The van der Waals surface area contributed by atoms with E-state index < -0.39 is 6.04 Å². The third-order valence-electron chi connectivity index (χ3n) is 4.92. The van der Waals surface area contributed by atoms with Crippen LogP contribution in [0.15, 0.2) is 91.1 Å². The summed E-state index contributed by atoms with van der Waals surface area (Å²) in [5.41, 5.74) is 3.88. The van der Waals surface area contributed by atoms with Crippen LogP contribution in [-0.4, -0.2) is 22.7 Å². The van der Waals surface area contributed by atoms with Crippen LogP contribution in [0.4, 0.5) is 5.69 Å². The summed E-state index contributed by atoms with van der Waals surface area (Å²) < 4.78 is 7.01. The number of benzene rings is 3. The lowest BCUT2D eigenvalue weighted by Gasteiger charge is -2.19. The number of nitrogens with one attached hydrogen (secondary N) is 1. The average Bonchev–Trinajstić information content (AvgIpc) is 3.20. The quantitative estimate of drug-likeness (QED) is 0.439. The highest BCUT2D eigenvalue weighted by atomic mass is 16.5. The molecule has 1 heterocycles. The van der Waals surface area contributed by atoms with E-state index in [1.807, 2.05) is 98.2 Å². The second kappa shape index (κ2) is 8.66. The predicted octanol–water partition coefficient (Wildman–Crippen LogP) is 5.13. The fraction of sp³-hybridized carbons (Fsp3) is 0.120. The summed E-state index contributed by atoms with van der Waals surface area (Å²) in [6.45, 7) is 0. The molecule has 4 aromatic rings. The lowest BCUT2D eigenvalue weighted by molar-refractivity contribution is 0.0964. The van der Waals surface area contributed by atoms with Gasteiger partial charge in [0.05, 0.1) is 7.11 Å². The molecule has 1 N–H and O–H groups in total. The van der Waals surface area contributed by atoms with Crippen LogP contribution in [0.25, 0.3) is 11.1 Å². The number of hydrogen-bond acceptors (Lipinski definition) is 4. The van der Waals surface area contributed by atoms with Crippen LogP contribution >= 0.6 is 0 Å². The second-order valence-electron chi connectivity index (χ2n) is 7.02. The fourth-order valence-electron chi connectivity index (χ4n) is 3.46. The number of aryl methyl sites for hydroxylation is 1. The monoisotopic (exact) mass is 397 g/mol. The molecule has 0 aliphatic rings. The zero-order valence-electron chi connectivity index (χ0n) is 16.9. The van der Waals surface area contributed by atoms with Crippen molar-refractivity contribution in [1.82, 2.24) is 9.78 Å². The Morgan fingerprint density at radius 1 is 0.967 bits per heavy atom. The van der Waals surface area contributed by atoms with Gasteiger partial charge in [-0.05, 0) is 23.3 Å². The van der Waals surface area contributed by atoms with E-state index in [2.05, 4.69) is 10.4 Å². The van der Waals surface area contributed by atoms with Crippen molar-refractivity contribution in [2.24, 2.45) is 7.05 Å². The standard InChI is InChI=1S/C25H23N3O2/c1-28-17-22(18-10-5-3-6-11-18)24(27-28)25(29)23(19-12-7-4-8-13-19)26-20-14-9-15-21(16-20)30-2/h3-17,23,26H,1-2H3. The molecule has 4 rings (SSSR count). The third kappa shape index (κ3) is 4.10. The summed E-state index contributed by atoms with van der Waals surface area (Å²) in [5.74, 6) is 0.630. The van der Waals surface area contributed by atoms with Crippen molar-refractivity contribution in [2.45, 2.75) is 6.04 Å². The number of ether oxygens (including phenoxy) is 1. The largest absolute Gasteiger partial charge is 0.497 e. The van der Waals surface area contributed by atoms with E-state index in [4.69, 9.17) is 4.74 Å². The van der Waals surface area contributed by atoms with Crippen LogP contribution in [0.2, 0.25) is 0 Å². The van der Waals surface area contributed by atoms with Crippen molar-refractivity contribution in [3.05, 3.63) is 102 Å². The van der Waals surface area contributed by atoms with Crippen molar-refractivity contribution in [2.75, 3.05) is 12.4 Å². The number of anilines is 1. The number of carbonyl (C=O) groups excluding carboxylic acids is 1. The van der Waals surface area contributed by atoms with E-state index in [1.54, 1.807) is 11.8 Å². The first-order valence-electron chi connectivity index (χ1n) is 9.74. The molecule has 0 amide bonds. The van der Waals surface area contributed by atoms with Gasteiger partial charge < -0.3 is 10.1 Å². The zero-order valence-corrected chi connectivity index (χ0v) is 16.9. The molecule has 0 fully saturated rings. The van der Waals surface area contributed by atoms with Gasteiger partial charge in [-0.25, -0.2) is 0 Å². The minimum absolute atomic E-state index is 0.0940. The summed E-state index contributed by atoms with van der Waals surface area (Å²) in [5, 5.41) is 7.89. The molecular formula is C25H23N3O2. The number of hydrogen-bond donors (Lipinski definition) is 1. The van der Waals surface area contributed by atoms with Gasteiger partial charge >= 0.3 is 0 Å². The van der Waals surface area contributed by atoms with E-state index in [-0.39, 0.29) is 5.78 Å². The summed E-state index contributed by atoms with van der Waals surface area (Å²) in [6, 6.07) is 26.5. The molecule has 1 aromatic heterocycles. The highest BCUT2D eigenvalue weighted by Crippen LogP contribution is 2.30. The maximum atomic E-state index is 13.7. The average molecular weight is 397 g/mol. The van der Waals surface area contributed by atoms with Crippen LogP contribution in [0, 0.1) is 0 Å². The van der Waals surface area contributed by atoms with Gasteiger partial charge in [-0.3, -0.25) is 9.48 Å². The molecule has 0 spiro atoms. The Labute approximate surface area is 175 Å². The Morgan fingerprint density at radius 2 is 1.67 bits per heavy atom. The molecule has 30 heavy (non-hydrogen) atoms. The van der Waals surface area contributed by atoms with Crippen molar-refractivity contribution in [3.63, 3.8) is 0 Å². The van der Waals surface area contributed by atoms with E-state index in [0.29, 0.717) is 5.69 Å². The van der Waals surface area contributed by atoms with Crippen LogP contribution in [-0.2, 0) is 7.05 Å². The SMILES string of the molecule is COc1cccc(NC(C(=O)c2nn(C)cc2-c2ccccc2)c2ccccc2)c1. The number of aromatic nitrogens is 2. The molecule has 3 aromatic carbocycles. The van der Waals surface area contributed by atoms with Crippen molar-refractivity contribution >= 4 is 11.5 Å². The zero-order chi connectivity index (χ0) is 20.9. The van der Waals surface area contributed by atoms with Gasteiger partial charge in [-0.1, -0.05) is 66.7 Å². The number of methoxy groups -OCH3 is 1. The normalized spacial score (nSPS) is 11.7. The molecular weight excluding hydrogens is 374 g/mol. The van der Waals surface area contributed by atoms with E-state index in [9.17, 15) is 4.79 Å². The molecule has 0 saturated heterocycles. The van der Waals surface area contributed by atoms with Crippen LogP contribution < -0.4 is 10.1 Å². The molecule has 0 aliphatic heterocycles. The van der Waals surface area contributed by atoms with Gasteiger partial charge in [0.15, 0.2) is 0 Å².